The largest absolute Gasteiger partial charge is 0.457 e. The van der Waals surface area contributed by atoms with Crippen LogP contribution in [0.3, 0.4) is 0 Å². The van der Waals surface area contributed by atoms with Gasteiger partial charge in [-0.3, -0.25) is 0 Å². The summed E-state index contributed by atoms with van der Waals surface area (Å²) < 4.78 is 13.1. The number of fused-ring (bicyclic) bond motifs is 3. The lowest BCUT2D eigenvalue weighted by Crippen LogP contribution is -2.09. The highest BCUT2D eigenvalue weighted by molar-refractivity contribution is 6.07. The van der Waals surface area contributed by atoms with Gasteiger partial charge in [-0.15, -0.1) is 0 Å². The number of carbonyl (C=O) groups is 1. The molecule has 158 valence electrons. The monoisotopic (exact) mass is 423 g/mol. The van der Waals surface area contributed by atoms with Crippen molar-refractivity contribution in [2.24, 2.45) is 0 Å². The Morgan fingerprint density at radius 3 is 2.50 bits per heavy atom. The third-order valence-electron chi connectivity index (χ3n) is 5.74. The molecule has 5 aromatic rings. The molecule has 0 spiro atoms. The SMILES string of the molecule is Cc1cc(C(=O)OCc2cc(=O)oc3ccc4ccccc4c23)c(C)n1-c1ccccc1. The number of ether oxygens (including phenoxy) is 1. The molecule has 0 amide bonds. The van der Waals surface area contributed by atoms with Crippen LogP contribution in [-0.2, 0) is 11.3 Å². The second-order valence-electron chi connectivity index (χ2n) is 7.78. The molecule has 0 aliphatic carbocycles. The van der Waals surface area contributed by atoms with Crippen molar-refractivity contribution in [3.05, 3.63) is 112 Å². The topological polar surface area (TPSA) is 61.4 Å². The van der Waals surface area contributed by atoms with Crippen molar-refractivity contribution >= 4 is 27.7 Å². The quantitative estimate of drug-likeness (QED) is 0.211. The molecule has 0 radical (unpaired) electrons. The second-order valence-corrected chi connectivity index (χ2v) is 7.78. The van der Waals surface area contributed by atoms with E-state index < -0.39 is 11.6 Å². The van der Waals surface area contributed by atoms with E-state index in [0.717, 1.165) is 33.2 Å². The summed E-state index contributed by atoms with van der Waals surface area (Å²) in [6.45, 7) is 3.83. The summed E-state index contributed by atoms with van der Waals surface area (Å²) in [6.07, 6.45) is 0. The van der Waals surface area contributed by atoms with Crippen molar-refractivity contribution < 1.29 is 13.9 Å². The Morgan fingerprint density at radius 1 is 0.938 bits per heavy atom. The van der Waals surface area contributed by atoms with Crippen molar-refractivity contribution in [1.82, 2.24) is 4.57 Å². The van der Waals surface area contributed by atoms with Crippen molar-refractivity contribution in [3.63, 3.8) is 0 Å². The standard InChI is InChI=1S/C27H21NO4/c1-17-14-23(18(2)28(17)21-9-4-3-5-10-21)27(30)31-16-20-15-25(29)32-24-13-12-19-8-6-7-11-22(19)26(20)24/h3-15H,16H2,1-2H3. The molecule has 0 aliphatic rings. The molecule has 32 heavy (non-hydrogen) atoms. The Balaban J connectivity index is 1.50. The molecule has 5 rings (SSSR count). The summed E-state index contributed by atoms with van der Waals surface area (Å²) in [5.74, 6) is -0.429. The molecule has 5 nitrogen and oxygen atoms in total. The number of carbonyl (C=O) groups excluding carboxylic acids is 1. The minimum absolute atomic E-state index is 0.0239. The average molecular weight is 423 g/mol. The Hall–Kier alpha value is -4.12. The van der Waals surface area contributed by atoms with Crippen LogP contribution in [0.4, 0.5) is 0 Å². The van der Waals surface area contributed by atoms with E-state index in [-0.39, 0.29) is 6.61 Å². The first-order valence-electron chi connectivity index (χ1n) is 10.4. The van der Waals surface area contributed by atoms with Gasteiger partial charge in [0.25, 0.3) is 0 Å². The van der Waals surface area contributed by atoms with Gasteiger partial charge in [0.1, 0.15) is 12.2 Å². The van der Waals surface area contributed by atoms with Crippen molar-refractivity contribution in [1.29, 1.82) is 0 Å². The minimum atomic E-state index is -0.471. The Morgan fingerprint density at radius 2 is 1.69 bits per heavy atom. The van der Waals surface area contributed by atoms with Crippen LogP contribution in [0.15, 0.2) is 88.1 Å². The lowest BCUT2D eigenvalue weighted by atomic mass is 10.0. The number of nitrogens with zero attached hydrogens (tertiary/aromatic N) is 1. The van der Waals surface area contributed by atoms with Gasteiger partial charge in [-0.2, -0.15) is 0 Å². The van der Waals surface area contributed by atoms with Gasteiger partial charge in [0.2, 0.25) is 0 Å². The molecule has 0 saturated carbocycles. The molecule has 0 fully saturated rings. The molecule has 0 N–H and O–H groups in total. The first-order chi connectivity index (χ1) is 15.5. The van der Waals surface area contributed by atoms with Crippen molar-refractivity contribution in [2.45, 2.75) is 20.5 Å². The number of para-hydroxylation sites is 1. The van der Waals surface area contributed by atoms with Gasteiger partial charge in [-0.25, -0.2) is 9.59 Å². The number of benzene rings is 3. The zero-order chi connectivity index (χ0) is 22.2. The number of rotatable bonds is 4. The fourth-order valence-electron chi connectivity index (χ4n) is 4.30. The summed E-state index contributed by atoms with van der Waals surface area (Å²) in [5, 5.41) is 2.75. The molecular weight excluding hydrogens is 402 g/mol. The zero-order valence-corrected chi connectivity index (χ0v) is 17.8. The summed E-state index contributed by atoms with van der Waals surface area (Å²) in [6, 6.07) is 24.6. The number of esters is 1. The van der Waals surface area contributed by atoms with Crippen LogP contribution < -0.4 is 5.63 Å². The van der Waals surface area contributed by atoms with Gasteiger partial charge in [0.15, 0.2) is 0 Å². The van der Waals surface area contributed by atoms with E-state index in [4.69, 9.17) is 9.15 Å². The molecule has 2 aromatic heterocycles. The van der Waals surface area contributed by atoms with Crippen LogP contribution in [-0.4, -0.2) is 10.5 Å². The third-order valence-corrected chi connectivity index (χ3v) is 5.74. The predicted molar refractivity (Wildman–Crippen MR) is 124 cm³/mol. The van der Waals surface area contributed by atoms with Crippen LogP contribution >= 0.6 is 0 Å². The minimum Gasteiger partial charge on any atom is -0.457 e. The van der Waals surface area contributed by atoms with E-state index in [2.05, 4.69) is 0 Å². The van der Waals surface area contributed by atoms with Gasteiger partial charge in [0, 0.05) is 34.1 Å². The molecule has 0 aliphatic heterocycles. The second kappa shape index (κ2) is 7.85. The molecule has 5 heteroatoms. The molecular formula is C27H21NO4. The molecule has 3 aromatic carbocycles. The number of aryl methyl sites for hydroxylation is 1. The van der Waals surface area contributed by atoms with Gasteiger partial charge in [0.05, 0.1) is 5.56 Å². The van der Waals surface area contributed by atoms with Crippen LogP contribution in [0.1, 0.15) is 27.3 Å². The van der Waals surface area contributed by atoms with E-state index in [0.29, 0.717) is 16.7 Å². The Bertz CT molecular complexity index is 1530. The Labute approximate surface area is 184 Å². The summed E-state index contributed by atoms with van der Waals surface area (Å²) >= 11 is 0. The van der Waals surface area contributed by atoms with Gasteiger partial charge in [-0.1, -0.05) is 48.5 Å². The highest BCUT2D eigenvalue weighted by atomic mass is 16.5. The van der Waals surface area contributed by atoms with Crippen LogP contribution in [0, 0.1) is 13.8 Å². The molecule has 0 atom stereocenters. The highest BCUT2D eigenvalue weighted by Crippen LogP contribution is 2.28. The lowest BCUT2D eigenvalue weighted by molar-refractivity contribution is 0.0473. The maximum atomic E-state index is 13.0. The number of aromatic nitrogens is 1. The lowest BCUT2D eigenvalue weighted by Gasteiger charge is -2.11. The Kier molecular flexibility index (Phi) is 4.86. The fourth-order valence-corrected chi connectivity index (χ4v) is 4.30. The van der Waals surface area contributed by atoms with E-state index in [1.165, 1.54) is 6.07 Å². The van der Waals surface area contributed by atoms with Crippen LogP contribution in [0.2, 0.25) is 0 Å². The maximum absolute atomic E-state index is 13.0. The smallest absolute Gasteiger partial charge is 0.340 e. The van der Waals surface area contributed by atoms with Gasteiger partial charge in [-0.05, 0) is 48.9 Å². The summed E-state index contributed by atoms with van der Waals surface area (Å²) in [5.41, 5.74) is 3.87. The molecule has 0 unspecified atom stereocenters. The fraction of sp³-hybridized carbons (Fsp3) is 0.111. The summed E-state index contributed by atoms with van der Waals surface area (Å²) in [4.78, 5) is 25.1. The highest BCUT2D eigenvalue weighted by Gasteiger charge is 2.19. The normalized spacial score (nSPS) is 11.2. The van der Waals surface area contributed by atoms with Crippen LogP contribution in [0.5, 0.6) is 0 Å². The first-order valence-corrected chi connectivity index (χ1v) is 10.4. The molecule has 0 saturated heterocycles. The van der Waals surface area contributed by atoms with E-state index in [1.807, 2.05) is 85.1 Å². The maximum Gasteiger partial charge on any atom is 0.340 e. The van der Waals surface area contributed by atoms with Crippen LogP contribution in [0.25, 0.3) is 27.4 Å². The van der Waals surface area contributed by atoms with Crippen molar-refractivity contribution in [3.8, 4) is 5.69 Å². The number of hydrogen-bond acceptors (Lipinski definition) is 4. The van der Waals surface area contributed by atoms with Gasteiger partial charge >= 0.3 is 11.6 Å². The predicted octanol–water partition coefficient (Wildman–Crippen LogP) is 5.71. The molecule has 0 bridgehead atoms. The van der Waals surface area contributed by atoms with E-state index in [9.17, 15) is 9.59 Å². The van der Waals surface area contributed by atoms with E-state index >= 15 is 0 Å². The molecule has 2 heterocycles. The first kappa shape index (κ1) is 19.8. The summed E-state index contributed by atoms with van der Waals surface area (Å²) in [7, 11) is 0. The van der Waals surface area contributed by atoms with Crippen molar-refractivity contribution in [2.75, 3.05) is 0 Å². The average Bonchev–Trinajstić information content (AvgIpc) is 3.11. The number of hydrogen-bond donors (Lipinski definition) is 0. The third kappa shape index (κ3) is 3.38. The van der Waals surface area contributed by atoms with E-state index in [1.54, 1.807) is 6.07 Å². The van der Waals surface area contributed by atoms with Gasteiger partial charge < -0.3 is 13.7 Å². The zero-order valence-electron chi connectivity index (χ0n) is 17.8.